The molecule has 3 rings (SSSR count). The molecule has 138 valence electrons. The van der Waals surface area contributed by atoms with Crippen molar-refractivity contribution in [1.82, 2.24) is 4.90 Å². The van der Waals surface area contributed by atoms with E-state index in [1.54, 1.807) is 0 Å². The zero-order chi connectivity index (χ0) is 18.7. The second-order valence-corrected chi connectivity index (χ2v) is 7.93. The Bertz CT molecular complexity index is 700. The van der Waals surface area contributed by atoms with Crippen molar-refractivity contribution in [3.63, 3.8) is 0 Å². The lowest BCUT2D eigenvalue weighted by Crippen LogP contribution is -2.42. The topological polar surface area (TPSA) is 29.5 Å². The van der Waals surface area contributed by atoms with E-state index in [-0.39, 0.29) is 11.9 Å². The summed E-state index contributed by atoms with van der Waals surface area (Å²) in [5.74, 6) is 0.0459. The number of halogens is 2. The zero-order valence-electron chi connectivity index (χ0n) is 15.0. The highest BCUT2D eigenvalue weighted by Crippen LogP contribution is 2.31. The van der Waals surface area contributed by atoms with Crippen LogP contribution < -0.4 is 0 Å². The summed E-state index contributed by atoms with van der Waals surface area (Å²) in [6, 6.07) is 14.8. The van der Waals surface area contributed by atoms with Gasteiger partial charge in [0.2, 0.25) is 0 Å². The number of hydrogen-bond acceptors (Lipinski definition) is 3. The van der Waals surface area contributed by atoms with Crippen LogP contribution in [0.2, 0.25) is 10.0 Å². The third-order valence-electron chi connectivity index (χ3n) is 5.04. The number of likely N-dealkylation sites (tertiary alicyclic amines) is 1. The smallest absolute Gasteiger partial charge is 0.311 e. The van der Waals surface area contributed by atoms with Gasteiger partial charge < -0.3 is 9.64 Å². The molecule has 1 aliphatic rings. The van der Waals surface area contributed by atoms with Gasteiger partial charge in [0.05, 0.1) is 5.92 Å². The molecule has 0 aliphatic carbocycles. The Morgan fingerprint density at radius 2 is 1.54 bits per heavy atom. The molecule has 2 aromatic rings. The van der Waals surface area contributed by atoms with Crippen molar-refractivity contribution in [1.29, 1.82) is 0 Å². The van der Waals surface area contributed by atoms with Gasteiger partial charge in [0.1, 0.15) is 0 Å². The summed E-state index contributed by atoms with van der Waals surface area (Å²) in [6.07, 6.45) is 0.527. The average Bonchev–Trinajstić information content (AvgIpc) is 2.63. The molecule has 1 heterocycles. The van der Waals surface area contributed by atoms with Gasteiger partial charge >= 0.3 is 5.97 Å². The Morgan fingerprint density at radius 1 is 1.04 bits per heavy atom. The number of benzene rings is 2. The second kappa shape index (κ2) is 8.43. The van der Waals surface area contributed by atoms with Crippen molar-refractivity contribution >= 4 is 29.2 Å². The molecule has 0 spiro atoms. The molecule has 1 saturated heterocycles. The Labute approximate surface area is 164 Å². The fourth-order valence-corrected chi connectivity index (χ4v) is 3.60. The summed E-state index contributed by atoms with van der Waals surface area (Å²) in [5, 5.41) is 1.30. The summed E-state index contributed by atoms with van der Waals surface area (Å²) < 4.78 is 6.01. The molecule has 1 aliphatic heterocycles. The quantitative estimate of drug-likeness (QED) is 0.669. The normalized spacial score (nSPS) is 21.0. The van der Waals surface area contributed by atoms with Crippen LogP contribution in [-0.4, -0.2) is 31.0 Å². The molecular weight excluding hydrogens is 369 g/mol. The van der Waals surface area contributed by atoms with Gasteiger partial charge in [0, 0.05) is 16.6 Å². The molecule has 0 N–H and O–H groups in total. The molecule has 0 radical (unpaired) electrons. The van der Waals surface area contributed by atoms with Crippen LogP contribution in [0.25, 0.3) is 0 Å². The van der Waals surface area contributed by atoms with Crippen LogP contribution >= 0.6 is 23.2 Å². The Kier molecular flexibility index (Phi) is 6.23. The fraction of sp³-hybridized carbons (Fsp3) is 0.381. The highest BCUT2D eigenvalue weighted by Gasteiger charge is 2.33. The van der Waals surface area contributed by atoms with Crippen LogP contribution in [0.5, 0.6) is 0 Å². The molecule has 26 heavy (non-hydrogen) atoms. The first-order valence-electron chi connectivity index (χ1n) is 8.84. The van der Waals surface area contributed by atoms with E-state index >= 15 is 0 Å². The van der Waals surface area contributed by atoms with Crippen molar-refractivity contribution < 1.29 is 9.53 Å². The van der Waals surface area contributed by atoms with Crippen molar-refractivity contribution in [3.8, 4) is 0 Å². The van der Waals surface area contributed by atoms with E-state index in [1.807, 2.05) is 55.6 Å². The lowest BCUT2D eigenvalue weighted by molar-refractivity contribution is -0.156. The van der Waals surface area contributed by atoms with Gasteiger partial charge in [0.15, 0.2) is 6.10 Å². The number of hydrogen-bond donors (Lipinski definition) is 0. The van der Waals surface area contributed by atoms with E-state index in [4.69, 9.17) is 27.9 Å². The largest absolute Gasteiger partial charge is 0.452 e. The molecule has 3 nitrogen and oxygen atoms in total. The molecule has 2 atom stereocenters. The van der Waals surface area contributed by atoms with Gasteiger partial charge in [-0.3, -0.25) is 4.79 Å². The molecule has 0 bridgehead atoms. The van der Waals surface area contributed by atoms with E-state index in [0.717, 1.165) is 30.6 Å². The summed E-state index contributed by atoms with van der Waals surface area (Å²) in [7, 11) is 2.04. The van der Waals surface area contributed by atoms with E-state index in [2.05, 4.69) is 11.8 Å². The molecule has 2 unspecified atom stereocenters. The molecule has 0 amide bonds. The Balaban J connectivity index is 1.86. The lowest BCUT2D eigenvalue weighted by Gasteiger charge is -2.34. The molecule has 0 saturated carbocycles. The number of ether oxygens (including phenoxy) is 1. The Hall–Kier alpha value is -1.55. The van der Waals surface area contributed by atoms with E-state index in [9.17, 15) is 4.79 Å². The van der Waals surface area contributed by atoms with Gasteiger partial charge in [-0.1, -0.05) is 54.4 Å². The van der Waals surface area contributed by atoms with Gasteiger partial charge in [-0.05, 0) is 61.3 Å². The van der Waals surface area contributed by atoms with Crippen LogP contribution in [0, 0.1) is 11.8 Å². The minimum atomic E-state index is -0.475. The average molecular weight is 392 g/mol. The lowest BCUT2D eigenvalue weighted by atomic mass is 9.87. The van der Waals surface area contributed by atoms with Gasteiger partial charge in [-0.25, -0.2) is 0 Å². The number of esters is 1. The molecule has 5 heteroatoms. The first-order chi connectivity index (χ1) is 12.4. The number of carbonyl (C=O) groups excluding carboxylic acids is 1. The predicted molar refractivity (Wildman–Crippen MR) is 106 cm³/mol. The van der Waals surface area contributed by atoms with Gasteiger partial charge in [-0.2, -0.15) is 0 Å². The summed E-state index contributed by atoms with van der Waals surface area (Å²) in [4.78, 5) is 15.1. The summed E-state index contributed by atoms with van der Waals surface area (Å²) in [6.45, 7) is 3.87. The SMILES string of the molecule is CC1CCN(C)CC1C(=O)OC(c1ccc(Cl)cc1)c1ccc(Cl)cc1. The summed E-state index contributed by atoms with van der Waals surface area (Å²) >= 11 is 12.0. The van der Waals surface area contributed by atoms with Crippen molar-refractivity contribution in [2.45, 2.75) is 19.4 Å². The minimum absolute atomic E-state index is 0.115. The number of piperidine rings is 1. The van der Waals surface area contributed by atoms with Crippen molar-refractivity contribution in [3.05, 3.63) is 69.7 Å². The standard InChI is InChI=1S/C21H23Cl2NO2/c1-14-11-12-24(2)13-19(14)21(25)26-20(15-3-7-17(22)8-4-15)16-5-9-18(23)10-6-16/h3-10,14,19-20H,11-13H2,1-2H3. The maximum Gasteiger partial charge on any atom is 0.311 e. The van der Waals surface area contributed by atoms with Gasteiger partial charge in [-0.15, -0.1) is 0 Å². The maximum absolute atomic E-state index is 12.9. The highest BCUT2D eigenvalue weighted by molar-refractivity contribution is 6.30. The number of rotatable bonds is 4. The van der Waals surface area contributed by atoms with Crippen molar-refractivity contribution in [2.75, 3.05) is 20.1 Å². The first-order valence-corrected chi connectivity index (χ1v) is 9.59. The van der Waals surface area contributed by atoms with Crippen LogP contribution in [0.4, 0.5) is 0 Å². The van der Waals surface area contributed by atoms with E-state index < -0.39 is 6.10 Å². The molecule has 2 aromatic carbocycles. The highest BCUT2D eigenvalue weighted by atomic mass is 35.5. The van der Waals surface area contributed by atoms with E-state index in [1.165, 1.54) is 0 Å². The third-order valence-corrected chi connectivity index (χ3v) is 5.55. The fourth-order valence-electron chi connectivity index (χ4n) is 3.35. The van der Waals surface area contributed by atoms with Crippen molar-refractivity contribution in [2.24, 2.45) is 11.8 Å². The van der Waals surface area contributed by atoms with Crippen LogP contribution in [0.15, 0.2) is 48.5 Å². The molecular formula is C21H23Cl2NO2. The summed E-state index contributed by atoms with van der Waals surface area (Å²) in [5.41, 5.74) is 1.78. The third kappa shape index (κ3) is 4.59. The van der Waals surface area contributed by atoms with Gasteiger partial charge in [0.25, 0.3) is 0 Å². The zero-order valence-corrected chi connectivity index (χ0v) is 16.5. The molecule has 1 fully saturated rings. The number of nitrogens with zero attached hydrogens (tertiary/aromatic N) is 1. The predicted octanol–water partition coefficient (Wildman–Crippen LogP) is 5.21. The Morgan fingerprint density at radius 3 is 2.04 bits per heavy atom. The van der Waals surface area contributed by atoms with Crippen LogP contribution in [0.3, 0.4) is 0 Å². The molecule has 0 aromatic heterocycles. The maximum atomic E-state index is 12.9. The second-order valence-electron chi connectivity index (χ2n) is 7.05. The van der Waals surface area contributed by atoms with Crippen LogP contribution in [0.1, 0.15) is 30.6 Å². The van der Waals surface area contributed by atoms with Crippen LogP contribution in [-0.2, 0) is 9.53 Å². The van der Waals surface area contributed by atoms with E-state index in [0.29, 0.717) is 16.0 Å². The number of carbonyl (C=O) groups is 1. The minimum Gasteiger partial charge on any atom is -0.452 e. The first kappa shape index (κ1) is 19.2. The monoisotopic (exact) mass is 391 g/mol.